The second-order valence-electron chi connectivity index (χ2n) is 30.0. The van der Waals surface area contributed by atoms with E-state index in [4.69, 9.17) is 37.0 Å². The fourth-order valence-corrected chi connectivity index (χ4v) is 14.3. The van der Waals surface area contributed by atoms with Crippen LogP contribution in [-0.4, -0.2) is 96.7 Å². The summed E-state index contributed by atoms with van der Waals surface area (Å²) in [5.41, 5.74) is 0. The Kier molecular flexibility index (Phi) is 73.5. The molecule has 2 unspecified atom stereocenters. The molecule has 0 fully saturated rings. The number of phosphoric acid groups is 2. The van der Waals surface area contributed by atoms with Gasteiger partial charge < -0.3 is 33.8 Å². The summed E-state index contributed by atoms with van der Waals surface area (Å²) in [6, 6.07) is 0. The van der Waals surface area contributed by atoms with Gasteiger partial charge in [-0.25, -0.2) is 9.13 Å². The van der Waals surface area contributed by atoms with Crippen LogP contribution in [0, 0.1) is 5.92 Å². The third kappa shape index (κ3) is 76.1. The number of aliphatic hydroxyl groups excluding tert-OH is 1. The molecule has 0 saturated carbocycles. The van der Waals surface area contributed by atoms with Gasteiger partial charge in [-0.2, -0.15) is 0 Å². The lowest BCUT2D eigenvalue weighted by Gasteiger charge is -2.21. The van der Waals surface area contributed by atoms with Crippen LogP contribution in [0.25, 0.3) is 0 Å². The van der Waals surface area contributed by atoms with Crippen molar-refractivity contribution >= 4 is 39.5 Å². The zero-order chi connectivity index (χ0) is 74.1. The quantitative estimate of drug-likeness (QED) is 0.0222. The number of ether oxygens (including phenoxy) is 4. The summed E-state index contributed by atoms with van der Waals surface area (Å²) >= 11 is 0. The third-order valence-electron chi connectivity index (χ3n) is 19.3. The highest BCUT2D eigenvalue weighted by atomic mass is 31.2. The standard InChI is InChI=1S/C82H160O17P2/c1-6-9-12-15-18-21-23-25-27-30-34-38-41-46-51-56-61-66-80(85)93-72-78(99-82(87)68-63-58-53-48-43-39-35-32-29-28-31-33-36-40-45-49-54-59-64-75(4)5)74-97-101(90,91)95-70-76(83)69-94-100(88,89)96-73-77(71-92-79(84)65-60-55-50-44-20-17-14-11-8-3)98-81(86)67-62-57-52-47-42-37-26-24-22-19-16-13-10-7-2/h75-78,83H,6-74H2,1-5H3,(H,88,89)(H,90,91)/t76-,77+,78+/m0/s1. The largest absolute Gasteiger partial charge is 0.472 e. The normalized spacial score (nSPS) is 13.8. The summed E-state index contributed by atoms with van der Waals surface area (Å²) in [5.74, 6) is -1.28. The van der Waals surface area contributed by atoms with Crippen molar-refractivity contribution in [3.8, 4) is 0 Å². The van der Waals surface area contributed by atoms with Crippen molar-refractivity contribution in [2.24, 2.45) is 5.92 Å². The summed E-state index contributed by atoms with van der Waals surface area (Å²) in [6.07, 6.45) is 66.6. The molecule has 0 aromatic carbocycles. The third-order valence-corrected chi connectivity index (χ3v) is 21.2. The van der Waals surface area contributed by atoms with Crippen LogP contribution < -0.4 is 0 Å². The number of rotatable bonds is 82. The number of unbranched alkanes of at least 4 members (excludes halogenated alkanes) is 54. The van der Waals surface area contributed by atoms with Gasteiger partial charge in [0.1, 0.15) is 19.3 Å². The zero-order valence-corrected chi connectivity index (χ0v) is 67.8. The molecule has 3 N–H and O–H groups in total. The molecule has 0 aliphatic rings. The number of aliphatic hydroxyl groups is 1. The minimum Gasteiger partial charge on any atom is -0.462 e. The van der Waals surface area contributed by atoms with Crippen LogP contribution in [0.4, 0.5) is 0 Å². The summed E-state index contributed by atoms with van der Waals surface area (Å²) in [4.78, 5) is 73.0. The van der Waals surface area contributed by atoms with Crippen molar-refractivity contribution in [1.82, 2.24) is 0 Å². The topological polar surface area (TPSA) is 237 Å². The molecule has 0 bridgehead atoms. The SMILES string of the molecule is CCCCCCCCCCCCCCCCCCCC(=O)OC[C@H](COP(=O)(O)OC[C@@H](O)COP(=O)(O)OC[C@@H](COC(=O)CCCCCCCCCCC)OC(=O)CCCCCCCCCCCCCCCC)OC(=O)CCCCCCCCCCCCCCCCCCCCC(C)C. The van der Waals surface area contributed by atoms with E-state index in [0.29, 0.717) is 25.7 Å². The molecule has 600 valence electrons. The fourth-order valence-electron chi connectivity index (χ4n) is 12.8. The van der Waals surface area contributed by atoms with E-state index in [1.54, 1.807) is 0 Å². The Bertz CT molecular complexity index is 1930. The number of hydrogen-bond acceptors (Lipinski definition) is 15. The Hall–Kier alpha value is -1.94. The van der Waals surface area contributed by atoms with Crippen molar-refractivity contribution in [1.29, 1.82) is 0 Å². The highest BCUT2D eigenvalue weighted by Crippen LogP contribution is 2.45. The molecule has 5 atom stereocenters. The highest BCUT2D eigenvalue weighted by Gasteiger charge is 2.30. The highest BCUT2D eigenvalue weighted by molar-refractivity contribution is 7.47. The molecule has 19 heteroatoms. The Morgan fingerprint density at radius 2 is 0.455 bits per heavy atom. The van der Waals surface area contributed by atoms with Crippen LogP contribution >= 0.6 is 15.6 Å². The molecule has 17 nitrogen and oxygen atoms in total. The first-order chi connectivity index (χ1) is 49.0. The van der Waals surface area contributed by atoms with E-state index < -0.39 is 97.5 Å². The van der Waals surface area contributed by atoms with Gasteiger partial charge in [0.2, 0.25) is 0 Å². The number of carbonyl (C=O) groups excluding carboxylic acids is 4. The van der Waals surface area contributed by atoms with Crippen LogP contribution in [-0.2, 0) is 65.4 Å². The maximum atomic E-state index is 13.1. The summed E-state index contributed by atoms with van der Waals surface area (Å²) < 4.78 is 68.7. The second-order valence-corrected chi connectivity index (χ2v) is 32.9. The minimum atomic E-state index is -4.96. The Morgan fingerprint density at radius 3 is 0.673 bits per heavy atom. The van der Waals surface area contributed by atoms with E-state index in [-0.39, 0.29) is 25.7 Å². The van der Waals surface area contributed by atoms with E-state index in [0.717, 1.165) is 95.8 Å². The lowest BCUT2D eigenvalue weighted by atomic mass is 10.0. The molecule has 0 heterocycles. The van der Waals surface area contributed by atoms with E-state index in [1.165, 1.54) is 263 Å². The lowest BCUT2D eigenvalue weighted by Crippen LogP contribution is -2.30. The molecule has 0 rings (SSSR count). The van der Waals surface area contributed by atoms with Gasteiger partial charge in [0, 0.05) is 25.7 Å². The van der Waals surface area contributed by atoms with E-state index in [2.05, 4.69) is 34.6 Å². The van der Waals surface area contributed by atoms with Gasteiger partial charge >= 0.3 is 39.5 Å². The molecular weight excluding hydrogens is 1320 g/mol. The van der Waals surface area contributed by atoms with Gasteiger partial charge in [0.25, 0.3) is 0 Å². The molecule has 101 heavy (non-hydrogen) atoms. The van der Waals surface area contributed by atoms with Crippen molar-refractivity contribution in [2.45, 2.75) is 457 Å². The van der Waals surface area contributed by atoms with Gasteiger partial charge in [-0.3, -0.25) is 37.3 Å². The molecule has 0 aromatic heterocycles. The van der Waals surface area contributed by atoms with Crippen LogP contribution in [0.2, 0.25) is 0 Å². The Morgan fingerprint density at radius 1 is 0.267 bits per heavy atom. The fraction of sp³-hybridized carbons (Fsp3) is 0.951. The van der Waals surface area contributed by atoms with Crippen LogP contribution in [0.15, 0.2) is 0 Å². The van der Waals surface area contributed by atoms with Gasteiger partial charge in [-0.05, 0) is 31.6 Å². The van der Waals surface area contributed by atoms with E-state index >= 15 is 0 Å². The maximum absolute atomic E-state index is 13.1. The summed E-state index contributed by atoms with van der Waals surface area (Å²) in [7, 11) is -9.92. The molecule has 0 spiro atoms. The summed E-state index contributed by atoms with van der Waals surface area (Å²) in [5, 5.41) is 10.6. The van der Waals surface area contributed by atoms with Crippen molar-refractivity contribution in [2.75, 3.05) is 39.6 Å². The van der Waals surface area contributed by atoms with Crippen molar-refractivity contribution in [3.63, 3.8) is 0 Å². The van der Waals surface area contributed by atoms with Crippen LogP contribution in [0.3, 0.4) is 0 Å². The van der Waals surface area contributed by atoms with Crippen LogP contribution in [0.1, 0.15) is 439 Å². The predicted octanol–water partition coefficient (Wildman–Crippen LogP) is 24.8. The van der Waals surface area contributed by atoms with Crippen molar-refractivity contribution < 1.29 is 80.2 Å². The number of esters is 4. The van der Waals surface area contributed by atoms with Crippen LogP contribution in [0.5, 0.6) is 0 Å². The maximum Gasteiger partial charge on any atom is 0.472 e. The van der Waals surface area contributed by atoms with E-state index in [1.807, 2.05) is 0 Å². The molecule has 0 aliphatic heterocycles. The average Bonchev–Trinajstić information content (AvgIpc) is 0.948. The van der Waals surface area contributed by atoms with E-state index in [9.17, 15) is 43.2 Å². The first-order valence-corrected chi connectivity index (χ1v) is 45.6. The van der Waals surface area contributed by atoms with Gasteiger partial charge in [-0.15, -0.1) is 0 Å². The number of hydrogen-bond donors (Lipinski definition) is 3. The van der Waals surface area contributed by atoms with Gasteiger partial charge in [-0.1, -0.05) is 388 Å². The molecule has 0 amide bonds. The lowest BCUT2D eigenvalue weighted by molar-refractivity contribution is -0.161. The zero-order valence-electron chi connectivity index (χ0n) is 66.1. The van der Waals surface area contributed by atoms with Gasteiger partial charge in [0.05, 0.1) is 26.4 Å². The first-order valence-electron chi connectivity index (χ1n) is 42.6. The average molecular weight is 1480 g/mol. The minimum absolute atomic E-state index is 0.108. The molecule has 0 aromatic rings. The molecular formula is C82H160O17P2. The van der Waals surface area contributed by atoms with Gasteiger partial charge in [0.15, 0.2) is 12.2 Å². The molecule has 0 aliphatic carbocycles. The number of carbonyl (C=O) groups is 4. The predicted molar refractivity (Wildman–Crippen MR) is 414 cm³/mol. The first kappa shape index (κ1) is 99.1. The summed E-state index contributed by atoms with van der Waals surface area (Å²) in [6.45, 7) is 7.36. The van der Waals surface area contributed by atoms with Crippen molar-refractivity contribution in [3.05, 3.63) is 0 Å². The monoisotopic (exact) mass is 1480 g/mol. The Balaban J connectivity index is 5.20. The second kappa shape index (κ2) is 74.9. The Labute approximate surface area is 619 Å². The molecule has 0 radical (unpaired) electrons. The molecule has 0 saturated heterocycles. The smallest absolute Gasteiger partial charge is 0.462 e. The number of phosphoric ester groups is 2.